The number of fused-ring (bicyclic) bond motifs is 1. The molecule has 2 heterocycles. The molecule has 0 radical (unpaired) electrons. The van der Waals surface area contributed by atoms with E-state index in [9.17, 15) is 9.59 Å². The second kappa shape index (κ2) is 4.77. The quantitative estimate of drug-likeness (QED) is 0.854. The minimum absolute atomic E-state index is 0.127. The van der Waals surface area contributed by atoms with Crippen molar-refractivity contribution in [1.29, 1.82) is 0 Å². The lowest BCUT2D eigenvalue weighted by molar-refractivity contribution is 0.0185. The third-order valence-corrected chi connectivity index (χ3v) is 3.08. The Hall–Kier alpha value is -2.11. The molecule has 0 aliphatic carbocycles. The molecule has 2 rings (SSSR count). The van der Waals surface area contributed by atoms with E-state index in [2.05, 4.69) is 4.98 Å². The average Bonchev–Trinajstić information content (AvgIpc) is 2.64. The van der Waals surface area contributed by atoms with Crippen LogP contribution < -0.4 is 0 Å². The highest BCUT2D eigenvalue weighted by Gasteiger charge is 2.34. The van der Waals surface area contributed by atoms with E-state index in [0.717, 1.165) is 11.3 Å². The number of rotatable bonds is 1. The van der Waals surface area contributed by atoms with Gasteiger partial charge in [-0.3, -0.25) is 9.88 Å². The van der Waals surface area contributed by atoms with Crippen LogP contribution in [-0.2, 0) is 11.3 Å². The number of hydrogen-bond donors (Lipinski definition) is 1. The number of ether oxygens (including phenoxy) is 1. The fourth-order valence-electron chi connectivity index (χ4n) is 2.15. The van der Waals surface area contributed by atoms with Crippen molar-refractivity contribution >= 4 is 12.1 Å². The normalized spacial score (nSPS) is 17.8. The molecule has 1 amide bonds. The van der Waals surface area contributed by atoms with Crippen LogP contribution in [0.1, 0.15) is 55.4 Å². The van der Waals surface area contributed by atoms with Crippen molar-refractivity contribution in [1.82, 2.24) is 9.88 Å². The maximum Gasteiger partial charge on any atom is 0.411 e. The first-order chi connectivity index (χ1) is 9.19. The van der Waals surface area contributed by atoms with Gasteiger partial charge < -0.3 is 9.84 Å². The summed E-state index contributed by atoms with van der Waals surface area (Å²) in [6.07, 6.45) is 0.899. The molecule has 1 aromatic heterocycles. The van der Waals surface area contributed by atoms with Gasteiger partial charge in [0, 0.05) is 6.20 Å². The summed E-state index contributed by atoms with van der Waals surface area (Å²) in [5, 5.41) is 8.96. The molecule has 1 unspecified atom stereocenters. The largest absolute Gasteiger partial charge is 0.478 e. The highest BCUT2D eigenvalue weighted by atomic mass is 16.6. The number of carboxylic acid groups (broad SMARTS) is 1. The Morgan fingerprint density at radius 1 is 1.45 bits per heavy atom. The Morgan fingerprint density at radius 2 is 2.10 bits per heavy atom. The predicted octanol–water partition coefficient (Wildman–Crippen LogP) is 2.59. The van der Waals surface area contributed by atoms with Crippen molar-refractivity contribution in [3.05, 3.63) is 29.1 Å². The SMILES string of the molecule is CC1c2ncc(C(=O)O)cc2CN1C(=O)OC(C)(C)C. The second-order valence-corrected chi connectivity index (χ2v) is 5.86. The van der Waals surface area contributed by atoms with E-state index in [-0.39, 0.29) is 11.6 Å². The van der Waals surface area contributed by atoms with E-state index in [1.165, 1.54) is 6.20 Å². The van der Waals surface area contributed by atoms with Crippen LogP contribution in [0.25, 0.3) is 0 Å². The van der Waals surface area contributed by atoms with Gasteiger partial charge in [0.05, 0.1) is 23.8 Å². The molecule has 1 aromatic rings. The van der Waals surface area contributed by atoms with Gasteiger partial charge in [-0.1, -0.05) is 0 Å². The highest BCUT2D eigenvalue weighted by molar-refractivity contribution is 5.87. The summed E-state index contributed by atoms with van der Waals surface area (Å²) < 4.78 is 5.34. The summed E-state index contributed by atoms with van der Waals surface area (Å²) in [6.45, 7) is 7.58. The summed E-state index contributed by atoms with van der Waals surface area (Å²) in [6, 6.07) is 1.34. The Morgan fingerprint density at radius 3 is 2.65 bits per heavy atom. The zero-order valence-corrected chi connectivity index (χ0v) is 12.0. The van der Waals surface area contributed by atoms with Crippen LogP contribution in [0.5, 0.6) is 0 Å². The number of amides is 1. The number of carbonyl (C=O) groups is 2. The lowest BCUT2D eigenvalue weighted by atomic mass is 10.1. The van der Waals surface area contributed by atoms with Crippen molar-refractivity contribution in [3.8, 4) is 0 Å². The molecule has 1 N–H and O–H groups in total. The van der Waals surface area contributed by atoms with E-state index in [4.69, 9.17) is 9.84 Å². The zero-order chi connectivity index (χ0) is 15.1. The molecule has 6 nitrogen and oxygen atoms in total. The summed E-state index contributed by atoms with van der Waals surface area (Å²) in [4.78, 5) is 28.8. The number of pyridine rings is 1. The van der Waals surface area contributed by atoms with Crippen LogP contribution in [0.15, 0.2) is 12.3 Å². The lowest BCUT2D eigenvalue weighted by Crippen LogP contribution is -2.35. The Labute approximate surface area is 117 Å². The molecule has 1 atom stereocenters. The lowest BCUT2D eigenvalue weighted by Gasteiger charge is -2.26. The number of aromatic nitrogens is 1. The minimum atomic E-state index is -1.02. The van der Waals surface area contributed by atoms with Gasteiger partial charge in [-0.2, -0.15) is 0 Å². The first-order valence-corrected chi connectivity index (χ1v) is 6.41. The molecule has 0 saturated carbocycles. The fourth-order valence-corrected chi connectivity index (χ4v) is 2.15. The molecule has 20 heavy (non-hydrogen) atoms. The van der Waals surface area contributed by atoms with E-state index in [1.54, 1.807) is 31.7 Å². The standard InChI is InChI=1S/C14H18N2O4/c1-8-11-10(5-9(6-15-11)12(17)18)7-16(8)13(19)20-14(2,3)4/h5-6,8H,7H2,1-4H3,(H,17,18). The van der Waals surface area contributed by atoms with Gasteiger partial charge in [0.1, 0.15) is 5.60 Å². The number of aromatic carboxylic acids is 1. The van der Waals surface area contributed by atoms with E-state index < -0.39 is 17.7 Å². The molecular weight excluding hydrogens is 260 g/mol. The second-order valence-electron chi connectivity index (χ2n) is 5.86. The Bertz CT molecular complexity index is 563. The summed E-state index contributed by atoms with van der Waals surface area (Å²) in [5.74, 6) is -1.02. The molecule has 0 fully saturated rings. The summed E-state index contributed by atoms with van der Waals surface area (Å²) in [7, 11) is 0. The van der Waals surface area contributed by atoms with Gasteiger partial charge in [-0.05, 0) is 39.3 Å². The summed E-state index contributed by atoms with van der Waals surface area (Å²) >= 11 is 0. The van der Waals surface area contributed by atoms with E-state index in [1.807, 2.05) is 6.92 Å². The predicted molar refractivity (Wildman–Crippen MR) is 71.4 cm³/mol. The van der Waals surface area contributed by atoms with Crippen molar-refractivity contribution in [2.75, 3.05) is 0 Å². The van der Waals surface area contributed by atoms with E-state index in [0.29, 0.717) is 6.54 Å². The molecular formula is C14H18N2O4. The third-order valence-electron chi connectivity index (χ3n) is 3.08. The monoisotopic (exact) mass is 278 g/mol. The minimum Gasteiger partial charge on any atom is -0.478 e. The third kappa shape index (κ3) is 2.74. The molecule has 0 bridgehead atoms. The topological polar surface area (TPSA) is 79.7 Å². The first-order valence-electron chi connectivity index (χ1n) is 6.41. The number of nitrogens with zero attached hydrogens (tertiary/aromatic N) is 2. The molecule has 1 aliphatic rings. The van der Waals surface area contributed by atoms with Crippen LogP contribution in [-0.4, -0.2) is 32.7 Å². The molecule has 0 saturated heterocycles. The number of hydrogen-bond acceptors (Lipinski definition) is 4. The van der Waals surface area contributed by atoms with Gasteiger partial charge in [0.15, 0.2) is 0 Å². The molecule has 0 aromatic carbocycles. The maximum atomic E-state index is 12.1. The average molecular weight is 278 g/mol. The molecule has 108 valence electrons. The smallest absolute Gasteiger partial charge is 0.411 e. The Kier molecular flexibility index (Phi) is 3.41. The molecule has 6 heteroatoms. The number of carbonyl (C=O) groups excluding carboxylic acids is 1. The Balaban J connectivity index is 2.22. The van der Waals surface area contributed by atoms with Crippen molar-refractivity contribution in [3.63, 3.8) is 0 Å². The van der Waals surface area contributed by atoms with Gasteiger partial charge in [-0.25, -0.2) is 9.59 Å². The number of carboxylic acids is 1. The zero-order valence-electron chi connectivity index (χ0n) is 12.0. The fraction of sp³-hybridized carbons (Fsp3) is 0.500. The van der Waals surface area contributed by atoms with Crippen LogP contribution in [0.2, 0.25) is 0 Å². The van der Waals surface area contributed by atoms with Crippen molar-refractivity contribution in [2.45, 2.75) is 45.9 Å². The van der Waals surface area contributed by atoms with E-state index >= 15 is 0 Å². The molecule has 1 aliphatic heterocycles. The first kappa shape index (κ1) is 14.3. The van der Waals surface area contributed by atoms with Gasteiger partial charge in [-0.15, -0.1) is 0 Å². The molecule has 0 spiro atoms. The van der Waals surface area contributed by atoms with Crippen LogP contribution >= 0.6 is 0 Å². The van der Waals surface area contributed by atoms with Crippen LogP contribution in [0.3, 0.4) is 0 Å². The van der Waals surface area contributed by atoms with Gasteiger partial charge in [0.2, 0.25) is 0 Å². The van der Waals surface area contributed by atoms with Crippen LogP contribution in [0.4, 0.5) is 4.79 Å². The highest BCUT2D eigenvalue weighted by Crippen LogP contribution is 2.33. The van der Waals surface area contributed by atoms with Crippen molar-refractivity contribution < 1.29 is 19.4 Å². The van der Waals surface area contributed by atoms with Crippen LogP contribution in [0, 0.1) is 0 Å². The van der Waals surface area contributed by atoms with Gasteiger partial charge in [0.25, 0.3) is 0 Å². The maximum absolute atomic E-state index is 12.1. The summed E-state index contributed by atoms with van der Waals surface area (Å²) in [5.41, 5.74) is 1.04. The van der Waals surface area contributed by atoms with Gasteiger partial charge >= 0.3 is 12.1 Å². The van der Waals surface area contributed by atoms with Crippen molar-refractivity contribution in [2.24, 2.45) is 0 Å².